The van der Waals surface area contributed by atoms with Crippen LogP contribution in [0.3, 0.4) is 0 Å². The average Bonchev–Trinajstić information content (AvgIpc) is 3.25. The highest BCUT2D eigenvalue weighted by atomic mass is 32.2. The van der Waals surface area contributed by atoms with Crippen LogP contribution in [0.4, 0.5) is 5.13 Å². The summed E-state index contributed by atoms with van der Waals surface area (Å²) >= 11 is 1.62. The lowest BCUT2D eigenvalue weighted by molar-refractivity contribution is 0.385. The smallest absolute Gasteiger partial charge is 0.243 e. The van der Waals surface area contributed by atoms with E-state index in [4.69, 9.17) is 4.98 Å². The number of anilines is 1. The third-order valence-electron chi connectivity index (χ3n) is 5.45. The predicted molar refractivity (Wildman–Crippen MR) is 124 cm³/mol. The first-order valence-corrected chi connectivity index (χ1v) is 12.7. The van der Waals surface area contributed by atoms with Gasteiger partial charge < -0.3 is 4.90 Å². The molecule has 1 saturated heterocycles. The number of piperazine rings is 1. The second-order valence-corrected chi connectivity index (χ2v) is 10.4. The molecule has 0 aliphatic carbocycles. The Bertz CT molecular complexity index is 1080. The van der Waals surface area contributed by atoms with Crippen LogP contribution < -0.4 is 4.90 Å². The number of benzene rings is 2. The van der Waals surface area contributed by atoms with Crippen molar-refractivity contribution in [3.63, 3.8) is 0 Å². The van der Waals surface area contributed by atoms with Crippen molar-refractivity contribution in [3.8, 4) is 11.3 Å². The van der Waals surface area contributed by atoms with Gasteiger partial charge in [-0.2, -0.15) is 4.31 Å². The average molecular weight is 442 g/mol. The zero-order valence-electron chi connectivity index (χ0n) is 17.4. The van der Waals surface area contributed by atoms with Gasteiger partial charge in [0.05, 0.1) is 10.6 Å². The van der Waals surface area contributed by atoms with Crippen LogP contribution in [-0.2, 0) is 16.4 Å². The Morgan fingerprint density at radius 1 is 0.967 bits per heavy atom. The number of nitrogens with zero attached hydrogens (tertiary/aromatic N) is 3. The van der Waals surface area contributed by atoms with Gasteiger partial charge in [0.15, 0.2) is 5.13 Å². The van der Waals surface area contributed by atoms with E-state index in [-0.39, 0.29) is 0 Å². The van der Waals surface area contributed by atoms with Crippen LogP contribution in [0.1, 0.15) is 24.5 Å². The zero-order valence-corrected chi connectivity index (χ0v) is 19.0. The minimum absolute atomic E-state index is 0.365. The van der Waals surface area contributed by atoms with Gasteiger partial charge in [-0.25, -0.2) is 13.4 Å². The molecule has 5 nitrogen and oxygen atoms in total. The van der Waals surface area contributed by atoms with Crippen molar-refractivity contribution in [3.05, 3.63) is 65.0 Å². The zero-order chi connectivity index (χ0) is 21.1. The van der Waals surface area contributed by atoms with E-state index in [0.29, 0.717) is 31.1 Å². The van der Waals surface area contributed by atoms with E-state index in [9.17, 15) is 8.42 Å². The molecule has 0 spiro atoms. The highest BCUT2D eigenvalue weighted by Crippen LogP contribution is 2.29. The molecular weight excluding hydrogens is 414 g/mol. The van der Waals surface area contributed by atoms with Crippen LogP contribution in [0.2, 0.25) is 0 Å². The van der Waals surface area contributed by atoms with Crippen molar-refractivity contribution in [2.45, 2.75) is 31.6 Å². The molecule has 1 fully saturated rings. The van der Waals surface area contributed by atoms with E-state index >= 15 is 0 Å². The lowest BCUT2D eigenvalue weighted by Crippen LogP contribution is -2.48. The molecule has 2 aromatic carbocycles. The van der Waals surface area contributed by atoms with Gasteiger partial charge in [0.1, 0.15) is 0 Å². The monoisotopic (exact) mass is 441 g/mol. The molecule has 4 rings (SSSR count). The molecule has 0 bridgehead atoms. The van der Waals surface area contributed by atoms with Crippen LogP contribution in [0.25, 0.3) is 11.3 Å². The highest BCUT2D eigenvalue weighted by Gasteiger charge is 2.29. The second kappa shape index (κ2) is 8.88. The van der Waals surface area contributed by atoms with E-state index in [2.05, 4.69) is 41.5 Å². The molecule has 1 aliphatic rings. The van der Waals surface area contributed by atoms with Crippen molar-refractivity contribution >= 4 is 26.5 Å². The summed E-state index contributed by atoms with van der Waals surface area (Å²) in [6, 6.07) is 15.7. The summed E-state index contributed by atoms with van der Waals surface area (Å²) in [5.74, 6) is 0. The Kier molecular flexibility index (Phi) is 6.22. The topological polar surface area (TPSA) is 53.5 Å². The number of rotatable bonds is 6. The summed E-state index contributed by atoms with van der Waals surface area (Å²) in [6.45, 7) is 6.37. The minimum atomic E-state index is -3.44. The lowest BCUT2D eigenvalue weighted by Gasteiger charge is -2.33. The molecule has 1 aromatic heterocycles. The van der Waals surface area contributed by atoms with Crippen LogP contribution in [0.15, 0.2) is 58.8 Å². The molecule has 0 atom stereocenters. The Morgan fingerprint density at radius 3 is 2.27 bits per heavy atom. The first-order chi connectivity index (χ1) is 14.5. The van der Waals surface area contributed by atoms with Gasteiger partial charge in [-0.05, 0) is 31.0 Å². The fourth-order valence-electron chi connectivity index (χ4n) is 3.65. The molecule has 0 radical (unpaired) electrons. The molecule has 0 unspecified atom stereocenters. The third kappa shape index (κ3) is 4.43. The normalized spacial score (nSPS) is 15.5. The van der Waals surface area contributed by atoms with Gasteiger partial charge in [0.2, 0.25) is 10.0 Å². The van der Waals surface area contributed by atoms with Gasteiger partial charge in [-0.15, -0.1) is 11.3 Å². The van der Waals surface area contributed by atoms with E-state index < -0.39 is 10.0 Å². The maximum atomic E-state index is 12.9. The standard InChI is InChI=1S/C23H27N3O2S2/c1-3-4-19-7-9-20(10-8-19)22-17-29-23(24-22)25-13-15-26(16-14-25)30(27,28)21-11-5-18(2)6-12-21/h5-12,17H,3-4,13-16H2,1-2H3. The van der Waals surface area contributed by atoms with E-state index in [1.54, 1.807) is 27.8 Å². The van der Waals surface area contributed by atoms with Crippen LogP contribution in [0.5, 0.6) is 0 Å². The number of sulfonamides is 1. The first-order valence-electron chi connectivity index (χ1n) is 10.3. The second-order valence-electron chi connectivity index (χ2n) is 7.67. The van der Waals surface area contributed by atoms with Crippen LogP contribution in [-0.4, -0.2) is 43.9 Å². The molecule has 1 aliphatic heterocycles. The van der Waals surface area contributed by atoms with Crippen LogP contribution >= 0.6 is 11.3 Å². The molecular formula is C23H27N3O2S2. The van der Waals surface area contributed by atoms with Crippen molar-refractivity contribution in [2.24, 2.45) is 0 Å². The van der Waals surface area contributed by atoms with Crippen molar-refractivity contribution < 1.29 is 8.42 Å². The Hall–Kier alpha value is -2.22. The van der Waals surface area contributed by atoms with Crippen molar-refractivity contribution in [1.29, 1.82) is 0 Å². The number of aromatic nitrogens is 1. The fraction of sp³-hybridized carbons (Fsp3) is 0.348. The SMILES string of the molecule is CCCc1ccc(-c2csc(N3CCN(S(=O)(=O)c4ccc(C)cc4)CC3)n2)cc1. The molecule has 7 heteroatoms. The summed E-state index contributed by atoms with van der Waals surface area (Å²) in [7, 11) is -3.44. The largest absolute Gasteiger partial charge is 0.345 e. The number of thiazole rings is 1. The van der Waals surface area contributed by atoms with Gasteiger partial charge >= 0.3 is 0 Å². The van der Waals surface area contributed by atoms with Crippen LogP contribution in [0, 0.1) is 6.92 Å². The maximum absolute atomic E-state index is 12.9. The maximum Gasteiger partial charge on any atom is 0.243 e. The summed E-state index contributed by atoms with van der Waals surface area (Å²) in [5.41, 5.74) is 4.51. The first kappa shape index (κ1) is 21.0. The summed E-state index contributed by atoms with van der Waals surface area (Å²) in [6.07, 6.45) is 2.24. The predicted octanol–water partition coefficient (Wildman–Crippen LogP) is 4.58. The van der Waals surface area contributed by atoms with E-state index in [1.165, 1.54) is 5.56 Å². The van der Waals surface area contributed by atoms with Gasteiger partial charge in [-0.1, -0.05) is 55.3 Å². The van der Waals surface area contributed by atoms with E-state index in [1.807, 2.05) is 19.1 Å². The molecule has 3 aromatic rings. The molecule has 158 valence electrons. The fourth-order valence-corrected chi connectivity index (χ4v) is 5.96. The molecule has 0 amide bonds. The van der Waals surface area contributed by atoms with Gasteiger partial charge in [0, 0.05) is 37.1 Å². The molecule has 30 heavy (non-hydrogen) atoms. The molecule has 0 saturated carbocycles. The Morgan fingerprint density at radius 2 is 1.63 bits per heavy atom. The lowest BCUT2D eigenvalue weighted by atomic mass is 10.1. The Labute approximate surface area is 183 Å². The summed E-state index contributed by atoms with van der Waals surface area (Å²) in [4.78, 5) is 7.36. The number of aryl methyl sites for hydroxylation is 2. The summed E-state index contributed by atoms with van der Waals surface area (Å²) < 4.78 is 27.4. The summed E-state index contributed by atoms with van der Waals surface area (Å²) in [5, 5.41) is 3.04. The van der Waals surface area contributed by atoms with Crippen molar-refractivity contribution in [2.75, 3.05) is 31.1 Å². The highest BCUT2D eigenvalue weighted by molar-refractivity contribution is 7.89. The number of hydrogen-bond donors (Lipinski definition) is 0. The van der Waals surface area contributed by atoms with Gasteiger partial charge in [0.25, 0.3) is 0 Å². The molecule has 0 N–H and O–H groups in total. The molecule has 2 heterocycles. The van der Waals surface area contributed by atoms with E-state index in [0.717, 1.165) is 34.8 Å². The Balaban J connectivity index is 1.41. The quantitative estimate of drug-likeness (QED) is 0.562. The van der Waals surface area contributed by atoms with Crippen molar-refractivity contribution in [1.82, 2.24) is 9.29 Å². The minimum Gasteiger partial charge on any atom is -0.345 e. The van der Waals surface area contributed by atoms with Gasteiger partial charge in [-0.3, -0.25) is 0 Å². The third-order valence-corrected chi connectivity index (χ3v) is 8.26. The number of hydrogen-bond acceptors (Lipinski definition) is 5.